The van der Waals surface area contributed by atoms with Crippen LogP contribution in [-0.2, 0) is 0 Å². The van der Waals surface area contributed by atoms with E-state index in [-0.39, 0.29) is 0 Å². The molecule has 0 aliphatic heterocycles. The van der Waals surface area contributed by atoms with Crippen LogP contribution < -0.4 is 0 Å². The molecule has 0 saturated carbocycles. The molecule has 0 aliphatic carbocycles. The molecule has 0 unspecified atom stereocenters. The summed E-state index contributed by atoms with van der Waals surface area (Å²) in [6.45, 7) is 20.2. The van der Waals surface area contributed by atoms with Crippen molar-refractivity contribution >= 4 is 28.8 Å². The van der Waals surface area contributed by atoms with Gasteiger partial charge >= 0.3 is 0 Å². The number of rotatable bonds is 5. The van der Waals surface area contributed by atoms with E-state index < -0.39 is 23.3 Å². The lowest BCUT2D eigenvalue weighted by Crippen LogP contribution is -2.51. The summed E-state index contributed by atoms with van der Waals surface area (Å²) in [6, 6.07) is 12.4. The van der Waals surface area contributed by atoms with Gasteiger partial charge in [0.15, 0.2) is 0 Å². The third-order valence-corrected chi connectivity index (χ3v) is 22.7. The predicted octanol–water partition coefficient (Wildman–Crippen LogP) is 6.07. The zero-order valence-corrected chi connectivity index (χ0v) is 17.7. The Labute approximate surface area is 129 Å². The molecule has 0 N–H and O–H groups in total. The Balaban J connectivity index is 3.25. The van der Waals surface area contributed by atoms with Crippen molar-refractivity contribution in [3.05, 3.63) is 41.6 Å². The SMILES string of the molecule is C[Si](C)(C)C/C(=C/[Si](C)(C)[Si](C)(C)C)c1ccccc1. The van der Waals surface area contributed by atoms with Crippen LogP contribution in [-0.4, -0.2) is 23.3 Å². The van der Waals surface area contributed by atoms with Crippen LogP contribution in [0.15, 0.2) is 36.0 Å². The van der Waals surface area contributed by atoms with Crippen molar-refractivity contribution in [1.29, 1.82) is 0 Å². The fourth-order valence-electron chi connectivity index (χ4n) is 2.11. The fourth-order valence-corrected chi connectivity index (χ4v) is 7.16. The van der Waals surface area contributed by atoms with E-state index in [1.165, 1.54) is 11.6 Å². The predicted molar refractivity (Wildman–Crippen MR) is 103 cm³/mol. The highest BCUT2D eigenvalue weighted by molar-refractivity contribution is 7.42. The van der Waals surface area contributed by atoms with E-state index in [4.69, 9.17) is 0 Å². The lowest BCUT2D eigenvalue weighted by atomic mass is 10.1. The zero-order valence-electron chi connectivity index (χ0n) is 14.7. The van der Waals surface area contributed by atoms with Crippen molar-refractivity contribution in [3.8, 4) is 0 Å². The number of hydrogen-bond donors (Lipinski definition) is 0. The van der Waals surface area contributed by atoms with Gasteiger partial charge in [-0.1, -0.05) is 94.0 Å². The first-order chi connectivity index (χ1) is 8.92. The molecular weight excluding hydrogens is 288 g/mol. The molecule has 0 amide bonds. The minimum atomic E-state index is -1.25. The Kier molecular flexibility index (Phi) is 5.44. The standard InChI is InChI=1S/C17H32Si3/c1-18(2,3)14-17(16-12-10-9-11-13-16)15-20(7,8)19(4,5)6/h9-13,15H,14H2,1-8H3/b17-15-. The summed E-state index contributed by atoms with van der Waals surface area (Å²) in [5.41, 5.74) is 5.81. The van der Waals surface area contributed by atoms with Crippen molar-refractivity contribution in [2.24, 2.45) is 0 Å². The molecule has 1 aromatic carbocycles. The molecule has 0 saturated heterocycles. The average Bonchev–Trinajstić information content (AvgIpc) is 2.25. The number of hydrogen-bond acceptors (Lipinski definition) is 0. The molecule has 0 nitrogen and oxygen atoms in total. The molecule has 0 aromatic heterocycles. The Morgan fingerprint density at radius 3 is 1.75 bits per heavy atom. The molecule has 0 heterocycles. The molecule has 1 rings (SSSR count). The topological polar surface area (TPSA) is 0 Å². The number of allylic oxidation sites excluding steroid dienone is 1. The summed E-state index contributed by atoms with van der Waals surface area (Å²) < 4.78 is 0. The van der Waals surface area contributed by atoms with Crippen LogP contribution >= 0.6 is 0 Å². The summed E-state index contributed by atoms with van der Waals surface area (Å²) in [6.07, 6.45) is 0. The lowest BCUT2D eigenvalue weighted by molar-refractivity contribution is 1.48. The molecular formula is C17H32Si3. The van der Waals surface area contributed by atoms with E-state index in [0.717, 1.165) is 0 Å². The molecule has 0 spiro atoms. The molecule has 0 radical (unpaired) electrons. The van der Waals surface area contributed by atoms with Crippen molar-refractivity contribution in [1.82, 2.24) is 0 Å². The van der Waals surface area contributed by atoms with Crippen LogP contribution in [0.5, 0.6) is 0 Å². The molecule has 0 atom stereocenters. The van der Waals surface area contributed by atoms with E-state index in [0.29, 0.717) is 0 Å². The van der Waals surface area contributed by atoms with Crippen LogP contribution in [0.2, 0.25) is 58.4 Å². The van der Waals surface area contributed by atoms with Gasteiger partial charge < -0.3 is 0 Å². The summed E-state index contributed by atoms with van der Waals surface area (Å²) in [4.78, 5) is 0. The lowest BCUT2D eigenvalue weighted by Gasteiger charge is -2.34. The molecule has 0 fully saturated rings. The average molecular weight is 321 g/mol. The third-order valence-electron chi connectivity index (χ3n) is 4.33. The molecule has 1 aromatic rings. The van der Waals surface area contributed by atoms with Gasteiger partial charge in [0, 0.05) is 15.7 Å². The van der Waals surface area contributed by atoms with Crippen LogP contribution in [0.1, 0.15) is 5.56 Å². The van der Waals surface area contributed by atoms with Crippen molar-refractivity contribution < 1.29 is 0 Å². The minimum Gasteiger partial charge on any atom is -0.0936 e. The Morgan fingerprint density at radius 1 is 0.850 bits per heavy atom. The van der Waals surface area contributed by atoms with Gasteiger partial charge in [0.2, 0.25) is 0 Å². The first-order valence-corrected chi connectivity index (χ1v) is 19.0. The fraction of sp³-hybridized carbons (Fsp3) is 0.529. The highest BCUT2D eigenvalue weighted by atomic mass is 29.3. The van der Waals surface area contributed by atoms with E-state index in [1.54, 1.807) is 5.57 Å². The van der Waals surface area contributed by atoms with Crippen LogP contribution in [0.25, 0.3) is 5.57 Å². The van der Waals surface area contributed by atoms with E-state index in [1.807, 2.05) is 0 Å². The van der Waals surface area contributed by atoms with Crippen molar-refractivity contribution in [2.45, 2.75) is 58.4 Å². The van der Waals surface area contributed by atoms with E-state index >= 15 is 0 Å². The molecule has 112 valence electrons. The second kappa shape index (κ2) is 6.16. The largest absolute Gasteiger partial charge is 0.0936 e. The van der Waals surface area contributed by atoms with Gasteiger partial charge in [-0.2, -0.15) is 0 Å². The van der Waals surface area contributed by atoms with Crippen LogP contribution in [0.3, 0.4) is 0 Å². The summed E-state index contributed by atoms with van der Waals surface area (Å²) in [5.74, 6) is 0. The Hall–Kier alpha value is -0.389. The normalized spacial score (nSPS) is 14.5. The second-order valence-electron chi connectivity index (χ2n) is 8.74. The Bertz CT molecular complexity index is 459. The quantitative estimate of drug-likeness (QED) is 0.577. The smallest absolute Gasteiger partial charge is 0.0648 e. The molecule has 20 heavy (non-hydrogen) atoms. The zero-order chi connectivity index (χ0) is 15.6. The number of benzene rings is 1. The van der Waals surface area contributed by atoms with Gasteiger partial charge in [0.25, 0.3) is 0 Å². The van der Waals surface area contributed by atoms with Crippen LogP contribution in [0.4, 0.5) is 0 Å². The first kappa shape index (κ1) is 17.7. The summed E-state index contributed by atoms with van der Waals surface area (Å²) >= 11 is 0. The summed E-state index contributed by atoms with van der Waals surface area (Å²) in [5, 5.41) is 0. The highest BCUT2D eigenvalue weighted by Gasteiger charge is 2.35. The van der Waals surface area contributed by atoms with E-state index in [2.05, 4.69) is 88.4 Å². The van der Waals surface area contributed by atoms with Crippen molar-refractivity contribution in [3.63, 3.8) is 0 Å². The monoisotopic (exact) mass is 320 g/mol. The molecule has 3 heteroatoms. The maximum Gasteiger partial charge on any atom is 0.0648 e. The van der Waals surface area contributed by atoms with Crippen molar-refractivity contribution in [2.75, 3.05) is 0 Å². The van der Waals surface area contributed by atoms with Gasteiger partial charge in [-0.15, -0.1) is 0 Å². The van der Waals surface area contributed by atoms with Gasteiger partial charge in [0.05, 0.1) is 7.59 Å². The van der Waals surface area contributed by atoms with Gasteiger partial charge in [-0.25, -0.2) is 0 Å². The molecule has 0 bridgehead atoms. The first-order valence-electron chi connectivity index (χ1n) is 7.70. The second-order valence-corrected chi connectivity index (χ2v) is 30.8. The van der Waals surface area contributed by atoms with Gasteiger partial charge in [-0.05, 0) is 11.6 Å². The maximum atomic E-state index is 2.73. The maximum absolute atomic E-state index is 2.73. The van der Waals surface area contributed by atoms with Crippen LogP contribution in [0, 0.1) is 0 Å². The van der Waals surface area contributed by atoms with Gasteiger partial charge in [-0.3, -0.25) is 0 Å². The highest BCUT2D eigenvalue weighted by Crippen LogP contribution is 2.30. The van der Waals surface area contributed by atoms with E-state index in [9.17, 15) is 0 Å². The summed E-state index contributed by atoms with van der Waals surface area (Å²) in [7, 11) is -3.42. The molecule has 0 aliphatic rings. The third kappa shape index (κ3) is 5.19. The Morgan fingerprint density at radius 2 is 1.35 bits per heavy atom. The van der Waals surface area contributed by atoms with Gasteiger partial charge in [0.1, 0.15) is 0 Å². The minimum absolute atomic E-state index is 1.08.